The number of unbranched alkanes of at least 4 members (excludes halogenated alkanes) is 2. The van der Waals surface area contributed by atoms with Crippen molar-refractivity contribution in [2.24, 2.45) is 0 Å². The van der Waals surface area contributed by atoms with Crippen molar-refractivity contribution in [3.63, 3.8) is 0 Å². The normalized spacial score (nSPS) is 9.06. The van der Waals surface area contributed by atoms with E-state index in [1.165, 1.54) is 37.5 Å². The van der Waals surface area contributed by atoms with Crippen LogP contribution in [0.4, 0.5) is 10.1 Å². The largest absolute Gasteiger partial charge is 0.383 e. The highest BCUT2D eigenvalue weighted by atomic mass is 35.5. The van der Waals surface area contributed by atoms with Crippen LogP contribution < -0.4 is 5.32 Å². The van der Waals surface area contributed by atoms with Gasteiger partial charge in [-0.2, -0.15) is 5.26 Å². The Kier molecular flexibility index (Phi) is 10.1. The standard InChI is InChI=1S/C9H9FN2.C5H11Cl/c1-2-12-9-5-7(6-11)3-4-8(9)10;1-2-3-4-5-6/h3-5,12H,2H2,1H3;2-5H2,1H3. The quantitative estimate of drug-likeness (QED) is 0.630. The summed E-state index contributed by atoms with van der Waals surface area (Å²) in [5, 5.41) is 11.3. The molecule has 0 amide bonds. The Labute approximate surface area is 114 Å². The molecule has 18 heavy (non-hydrogen) atoms. The predicted molar refractivity (Wildman–Crippen MR) is 75.5 cm³/mol. The number of nitriles is 1. The molecule has 1 aromatic carbocycles. The van der Waals surface area contributed by atoms with E-state index in [-0.39, 0.29) is 5.82 Å². The summed E-state index contributed by atoms with van der Waals surface area (Å²) >= 11 is 5.38. The molecule has 1 aromatic rings. The van der Waals surface area contributed by atoms with Crippen molar-refractivity contribution in [3.05, 3.63) is 29.6 Å². The Bertz CT molecular complexity index is 371. The smallest absolute Gasteiger partial charge is 0.146 e. The van der Waals surface area contributed by atoms with Crippen LogP contribution in [0.2, 0.25) is 0 Å². The molecule has 0 aliphatic carbocycles. The molecule has 0 fully saturated rings. The molecule has 0 spiro atoms. The fourth-order valence-electron chi connectivity index (χ4n) is 1.27. The van der Waals surface area contributed by atoms with E-state index in [0.29, 0.717) is 17.8 Å². The van der Waals surface area contributed by atoms with E-state index in [1.807, 2.05) is 13.0 Å². The number of hydrogen-bond donors (Lipinski definition) is 1. The highest BCUT2D eigenvalue weighted by molar-refractivity contribution is 6.17. The average molecular weight is 271 g/mol. The average Bonchev–Trinajstić information content (AvgIpc) is 2.40. The van der Waals surface area contributed by atoms with Crippen LogP contribution >= 0.6 is 11.6 Å². The number of halogens is 2. The Morgan fingerprint density at radius 3 is 2.50 bits per heavy atom. The molecule has 2 nitrogen and oxygen atoms in total. The lowest BCUT2D eigenvalue weighted by atomic mass is 10.2. The molecule has 1 N–H and O–H groups in total. The van der Waals surface area contributed by atoms with Crippen molar-refractivity contribution in [2.45, 2.75) is 33.1 Å². The maximum atomic E-state index is 12.9. The molecule has 0 radical (unpaired) electrons. The van der Waals surface area contributed by atoms with Gasteiger partial charge in [0, 0.05) is 12.4 Å². The zero-order valence-electron chi connectivity index (χ0n) is 11.0. The molecule has 0 unspecified atom stereocenters. The van der Waals surface area contributed by atoms with Crippen LogP contribution in [0.15, 0.2) is 18.2 Å². The topological polar surface area (TPSA) is 35.8 Å². The van der Waals surface area contributed by atoms with Crippen LogP contribution in [0.1, 0.15) is 38.7 Å². The number of anilines is 1. The number of nitrogens with one attached hydrogen (secondary N) is 1. The van der Waals surface area contributed by atoms with E-state index in [4.69, 9.17) is 16.9 Å². The lowest BCUT2D eigenvalue weighted by molar-refractivity contribution is 0.630. The Balaban J connectivity index is 0.000000411. The van der Waals surface area contributed by atoms with Gasteiger partial charge in [0.05, 0.1) is 17.3 Å². The molecule has 0 saturated carbocycles. The fourth-order valence-corrected chi connectivity index (χ4v) is 1.45. The summed E-state index contributed by atoms with van der Waals surface area (Å²) < 4.78 is 12.9. The molecule has 1 rings (SSSR count). The second-order valence-corrected chi connectivity index (χ2v) is 4.11. The molecule has 0 aliphatic rings. The van der Waals surface area contributed by atoms with Gasteiger partial charge in [-0.1, -0.05) is 19.8 Å². The van der Waals surface area contributed by atoms with Crippen LogP contribution in [-0.2, 0) is 0 Å². The molecular formula is C14H20ClFN2. The van der Waals surface area contributed by atoms with Gasteiger partial charge in [0.25, 0.3) is 0 Å². The molecule has 0 saturated heterocycles. The van der Waals surface area contributed by atoms with Gasteiger partial charge in [0.2, 0.25) is 0 Å². The number of benzene rings is 1. The van der Waals surface area contributed by atoms with Gasteiger partial charge in [-0.25, -0.2) is 4.39 Å². The first kappa shape index (κ1) is 16.7. The van der Waals surface area contributed by atoms with Gasteiger partial charge < -0.3 is 5.32 Å². The van der Waals surface area contributed by atoms with Crippen LogP contribution in [0.3, 0.4) is 0 Å². The summed E-state index contributed by atoms with van der Waals surface area (Å²) in [5.41, 5.74) is 0.851. The Hall–Kier alpha value is -1.27. The number of nitrogens with zero attached hydrogens (tertiary/aromatic N) is 1. The van der Waals surface area contributed by atoms with Crippen LogP contribution in [-0.4, -0.2) is 12.4 Å². The number of rotatable bonds is 5. The third kappa shape index (κ3) is 7.13. The molecule has 0 bridgehead atoms. The van der Waals surface area contributed by atoms with E-state index in [2.05, 4.69) is 12.2 Å². The minimum Gasteiger partial charge on any atom is -0.383 e. The molecule has 100 valence electrons. The molecule has 0 aromatic heterocycles. The van der Waals surface area contributed by atoms with Gasteiger partial charge in [-0.15, -0.1) is 11.6 Å². The number of hydrogen-bond acceptors (Lipinski definition) is 2. The lowest BCUT2D eigenvalue weighted by Crippen LogP contribution is -1.99. The summed E-state index contributed by atoms with van der Waals surface area (Å²) in [5.74, 6) is 0.504. The van der Waals surface area contributed by atoms with Crippen molar-refractivity contribution in [3.8, 4) is 6.07 Å². The first-order chi connectivity index (χ1) is 8.69. The molecule has 0 aliphatic heterocycles. The van der Waals surface area contributed by atoms with E-state index in [9.17, 15) is 4.39 Å². The van der Waals surface area contributed by atoms with Crippen molar-refractivity contribution in [1.82, 2.24) is 0 Å². The van der Waals surface area contributed by atoms with E-state index < -0.39 is 0 Å². The lowest BCUT2D eigenvalue weighted by Gasteiger charge is -2.03. The minimum absolute atomic E-state index is 0.323. The summed E-state index contributed by atoms with van der Waals surface area (Å²) in [6, 6.07) is 6.19. The van der Waals surface area contributed by atoms with Gasteiger partial charge >= 0.3 is 0 Å². The fraction of sp³-hybridized carbons (Fsp3) is 0.500. The van der Waals surface area contributed by atoms with Gasteiger partial charge in [-0.3, -0.25) is 0 Å². The SMILES string of the molecule is CCCCCCl.CCNc1cc(C#N)ccc1F. The minimum atomic E-state index is -0.323. The highest BCUT2D eigenvalue weighted by Gasteiger charge is 2.00. The summed E-state index contributed by atoms with van der Waals surface area (Å²) in [7, 11) is 0. The third-order valence-corrected chi connectivity index (χ3v) is 2.47. The second kappa shape index (κ2) is 10.9. The predicted octanol–water partition coefficient (Wildman–Crippen LogP) is 4.54. The molecular weight excluding hydrogens is 251 g/mol. The van der Waals surface area contributed by atoms with Crippen molar-refractivity contribution >= 4 is 17.3 Å². The first-order valence-corrected chi connectivity index (χ1v) is 6.72. The first-order valence-electron chi connectivity index (χ1n) is 6.19. The summed E-state index contributed by atoms with van der Waals surface area (Å²) in [6.45, 7) is 4.69. The van der Waals surface area contributed by atoms with Crippen molar-refractivity contribution < 1.29 is 4.39 Å². The maximum Gasteiger partial charge on any atom is 0.146 e. The van der Waals surface area contributed by atoms with Crippen LogP contribution in [0, 0.1) is 17.1 Å². The molecule has 0 atom stereocenters. The summed E-state index contributed by atoms with van der Waals surface area (Å²) in [4.78, 5) is 0. The van der Waals surface area contributed by atoms with Crippen molar-refractivity contribution in [2.75, 3.05) is 17.7 Å². The molecule has 4 heteroatoms. The van der Waals surface area contributed by atoms with E-state index in [1.54, 1.807) is 0 Å². The van der Waals surface area contributed by atoms with Crippen LogP contribution in [0.5, 0.6) is 0 Å². The monoisotopic (exact) mass is 270 g/mol. The molecule has 0 heterocycles. The highest BCUT2D eigenvalue weighted by Crippen LogP contribution is 2.14. The maximum absolute atomic E-state index is 12.9. The third-order valence-electron chi connectivity index (χ3n) is 2.20. The Morgan fingerprint density at radius 1 is 1.33 bits per heavy atom. The number of alkyl halides is 1. The van der Waals surface area contributed by atoms with E-state index in [0.717, 1.165) is 5.88 Å². The zero-order chi connectivity index (χ0) is 13.8. The van der Waals surface area contributed by atoms with Crippen molar-refractivity contribution in [1.29, 1.82) is 5.26 Å². The second-order valence-electron chi connectivity index (χ2n) is 3.73. The van der Waals surface area contributed by atoms with Gasteiger partial charge in [0.1, 0.15) is 5.82 Å². The van der Waals surface area contributed by atoms with Crippen LogP contribution in [0.25, 0.3) is 0 Å². The zero-order valence-corrected chi connectivity index (χ0v) is 11.7. The van der Waals surface area contributed by atoms with E-state index >= 15 is 0 Å². The van der Waals surface area contributed by atoms with Gasteiger partial charge in [-0.05, 0) is 31.5 Å². The van der Waals surface area contributed by atoms with Gasteiger partial charge in [0.15, 0.2) is 0 Å². The Morgan fingerprint density at radius 2 is 2.06 bits per heavy atom. The summed E-state index contributed by atoms with van der Waals surface area (Å²) in [6.07, 6.45) is 3.73.